The van der Waals surface area contributed by atoms with E-state index < -0.39 is 41.6 Å². The van der Waals surface area contributed by atoms with Gasteiger partial charge >= 0.3 is 6.03 Å². The second kappa shape index (κ2) is 12.2. The lowest BCUT2D eigenvalue weighted by Crippen LogP contribution is -2.51. The van der Waals surface area contributed by atoms with Crippen LogP contribution in [-0.4, -0.2) is 53.7 Å². The summed E-state index contributed by atoms with van der Waals surface area (Å²) < 4.78 is 4.91. The summed E-state index contributed by atoms with van der Waals surface area (Å²) in [6.45, 7) is 3.78. The molecule has 2 rings (SSSR count). The zero-order valence-electron chi connectivity index (χ0n) is 18.7. The number of nitrogens with one attached hydrogen (secondary N) is 3. The van der Waals surface area contributed by atoms with Gasteiger partial charge in [-0.15, -0.1) is 0 Å². The molecule has 10 heteroatoms. The third-order valence-corrected chi connectivity index (χ3v) is 5.39. The number of imide groups is 1. The standard InChI is InChI=1S/C22H32N4O6/c1-14(2)12-17(19(27)24-26-21(29)18(13-32-3)23-22(26)30)16(20(28)25-31)11-7-10-15-8-5-4-6-9-15/h4-6,8-9,14,16-18,31H,7,10-13H2,1-3H3,(H,23,30)(H,24,27)(H,25,28)/t16-,17+,18?/m0/s1. The number of nitrogens with zero attached hydrogens (tertiary/aromatic N) is 1. The van der Waals surface area contributed by atoms with Gasteiger partial charge in [0.15, 0.2) is 0 Å². The van der Waals surface area contributed by atoms with Gasteiger partial charge in [-0.1, -0.05) is 44.2 Å². The van der Waals surface area contributed by atoms with E-state index in [1.165, 1.54) is 7.11 Å². The fourth-order valence-electron chi connectivity index (χ4n) is 3.84. The number of hydrogen-bond acceptors (Lipinski definition) is 6. The molecule has 0 spiro atoms. The monoisotopic (exact) mass is 448 g/mol. The highest BCUT2D eigenvalue weighted by molar-refractivity contribution is 6.05. The molecule has 1 aliphatic heterocycles. The van der Waals surface area contributed by atoms with Crippen molar-refractivity contribution in [3.05, 3.63) is 35.9 Å². The first kappa shape index (κ1) is 25.3. The van der Waals surface area contributed by atoms with Crippen molar-refractivity contribution < 1.29 is 29.1 Å². The molecule has 0 radical (unpaired) electrons. The Labute approximate surface area is 187 Å². The smallest absolute Gasteiger partial charge is 0.344 e. The summed E-state index contributed by atoms with van der Waals surface area (Å²) in [5.41, 5.74) is 5.12. The lowest BCUT2D eigenvalue weighted by molar-refractivity contribution is -0.145. The average Bonchev–Trinajstić information content (AvgIpc) is 3.03. The number of carbonyl (C=O) groups is 4. The van der Waals surface area contributed by atoms with Crippen molar-refractivity contribution in [2.75, 3.05) is 13.7 Å². The molecule has 4 N–H and O–H groups in total. The van der Waals surface area contributed by atoms with Crippen molar-refractivity contribution in [1.29, 1.82) is 0 Å². The van der Waals surface area contributed by atoms with Gasteiger partial charge in [0.25, 0.3) is 5.91 Å². The van der Waals surface area contributed by atoms with Gasteiger partial charge in [-0.3, -0.25) is 25.0 Å². The Morgan fingerprint density at radius 1 is 1.16 bits per heavy atom. The summed E-state index contributed by atoms with van der Waals surface area (Å²) in [6, 6.07) is 8.08. The summed E-state index contributed by atoms with van der Waals surface area (Å²) in [5.74, 6) is -3.57. The van der Waals surface area contributed by atoms with Crippen molar-refractivity contribution in [3.8, 4) is 0 Å². The van der Waals surface area contributed by atoms with Gasteiger partial charge < -0.3 is 10.1 Å². The molecule has 1 fully saturated rings. The first-order valence-corrected chi connectivity index (χ1v) is 10.7. The highest BCUT2D eigenvalue weighted by Crippen LogP contribution is 2.27. The van der Waals surface area contributed by atoms with Gasteiger partial charge in [0, 0.05) is 7.11 Å². The number of aryl methyl sites for hydroxylation is 1. The minimum atomic E-state index is -0.890. The quantitative estimate of drug-likeness (QED) is 0.217. The number of methoxy groups -OCH3 is 1. The zero-order chi connectivity index (χ0) is 23.7. The molecule has 1 aromatic rings. The van der Waals surface area contributed by atoms with Gasteiger partial charge in [0.2, 0.25) is 11.8 Å². The maximum absolute atomic E-state index is 13.1. The minimum absolute atomic E-state index is 0.0264. The van der Waals surface area contributed by atoms with Crippen molar-refractivity contribution in [2.45, 2.75) is 45.6 Å². The Hall–Kier alpha value is -2.98. The van der Waals surface area contributed by atoms with E-state index in [2.05, 4.69) is 10.7 Å². The number of ether oxygens (including phenoxy) is 1. The molecule has 1 saturated heterocycles. The van der Waals surface area contributed by atoms with Crippen LogP contribution in [0.1, 0.15) is 38.7 Å². The number of hydroxylamine groups is 1. The van der Waals surface area contributed by atoms with Crippen molar-refractivity contribution in [2.24, 2.45) is 17.8 Å². The van der Waals surface area contributed by atoms with Crippen LogP contribution in [0.3, 0.4) is 0 Å². The molecule has 0 aliphatic carbocycles. The number of urea groups is 1. The molecule has 176 valence electrons. The first-order chi connectivity index (χ1) is 15.3. The van der Waals surface area contributed by atoms with Gasteiger partial charge in [0.1, 0.15) is 6.04 Å². The van der Waals surface area contributed by atoms with Gasteiger partial charge in [-0.2, -0.15) is 5.01 Å². The summed E-state index contributed by atoms with van der Waals surface area (Å²) in [5, 5.41) is 12.3. The molecule has 0 bridgehead atoms. The maximum Gasteiger partial charge on any atom is 0.344 e. The normalized spacial score (nSPS) is 17.8. The van der Waals surface area contributed by atoms with E-state index >= 15 is 0 Å². The molecule has 1 aliphatic rings. The molecule has 0 aromatic heterocycles. The molecule has 0 saturated carbocycles. The molecule has 10 nitrogen and oxygen atoms in total. The molecular weight excluding hydrogens is 416 g/mol. The average molecular weight is 449 g/mol. The van der Waals surface area contributed by atoms with Gasteiger partial charge in [0.05, 0.1) is 18.4 Å². The van der Waals surface area contributed by atoms with Crippen LogP contribution in [0.2, 0.25) is 0 Å². The maximum atomic E-state index is 13.1. The van der Waals surface area contributed by atoms with Crippen LogP contribution in [-0.2, 0) is 25.5 Å². The molecule has 1 heterocycles. The lowest BCUT2D eigenvalue weighted by atomic mass is 9.81. The van der Waals surface area contributed by atoms with Crippen LogP contribution in [0.25, 0.3) is 0 Å². The SMILES string of the molecule is COCC1NC(=O)N(NC(=O)[C@H](CC(C)C)[C@H](CCCc2ccccc2)C(=O)NO)C1=O. The number of rotatable bonds is 12. The topological polar surface area (TPSA) is 137 Å². The number of hydrazine groups is 1. The van der Waals surface area contributed by atoms with E-state index in [0.29, 0.717) is 30.7 Å². The Morgan fingerprint density at radius 3 is 2.44 bits per heavy atom. The molecule has 1 aromatic carbocycles. The Morgan fingerprint density at radius 2 is 1.84 bits per heavy atom. The molecule has 1 unspecified atom stereocenters. The largest absolute Gasteiger partial charge is 0.382 e. The van der Waals surface area contributed by atoms with Crippen LogP contribution >= 0.6 is 0 Å². The van der Waals surface area contributed by atoms with Crippen molar-refractivity contribution in [3.63, 3.8) is 0 Å². The predicted octanol–water partition coefficient (Wildman–Crippen LogP) is 1.39. The number of amides is 5. The number of carbonyl (C=O) groups excluding carboxylic acids is 4. The van der Waals surface area contributed by atoms with Crippen LogP contribution in [0, 0.1) is 17.8 Å². The minimum Gasteiger partial charge on any atom is -0.382 e. The van der Waals surface area contributed by atoms with E-state index in [-0.39, 0.29) is 12.5 Å². The molecule has 5 amide bonds. The fourth-order valence-corrected chi connectivity index (χ4v) is 3.84. The third kappa shape index (κ3) is 6.76. The van der Waals surface area contributed by atoms with Crippen molar-refractivity contribution in [1.82, 2.24) is 21.2 Å². The van der Waals surface area contributed by atoms with E-state index in [1.807, 2.05) is 44.2 Å². The Balaban J connectivity index is 2.13. The van der Waals surface area contributed by atoms with Gasteiger partial charge in [-0.05, 0) is 37.2 Å². The third-order valence-electron chi connectivity index (χ3n) is 5.39. The first-order valence-electron chi connectivity index (χ1n) is 10.7. The summed E-state index contributed by atoms with van der Waals surface area (Å²) >= 11 is 0. The molecular formula is C22H32N4O6. The number of benzene rings is 1. The Kier molecular flexibility index (Phi) is 9.61. The van der Waals surface area contributed by atoms with E-state index in [1.54, 1.807) is 5.48 Å². The highest BCUT2D eigenvalue weighted by Gasteiger charge is 2.42. The molecule has 32 heavy (non-hydrogen) atoms. The highest BCUT2D eigenvalue weighted by atomic mass is 16.5. The van der Waals surface area contributed by atoms with Crippen LogP contribution < -0.4 is 16.2 Å². The number of hydrogen-bond donors (Lipinski definition) is 4. The van der Waals surface area contributed by atoms with Crippen molar-refractivity contribution >= 4 is 23.8 Å². The predicted molar refractivity (Wildman–Crippen MR) is 115 cm³/mol. The fraction of sp³-hybridized carbons (Fsp3) is 0.545. The van der Waals surface area contributed by atoms with E-state index in [4.69, 9.17) is 4.74 Å². The second-order valence-corrected chi connectivity index (χ2v) is 8.30. The van der Waals surface area contributed by atoms with E-state index in [0.717, 1.165) is 5.56 Å². The Bertz CT molecular complexity index is 801. The molecule has 3 atom stereocenters. The second-order valence-electron chi connectivity index (χ2n) is 8.30. The van der Waals surface area contributed by atoms with Crippen LogP contribution in [0.4, 0.5) is 4.79 Å². The van der Waals surface area contributed by atoms with Gasteiger partial charge in [-0.25, -0.2) is 10.3 Å². The summed E-state index contributed by atoms with van der Waals surface area (Å²) in [6.07, 6.45) is 2.00. The van der Waals surface area contributed by atoms with E-state index in [9.17, 15) is 24.4 Å². The summed E-state index contributed by atoms with van der Waals surface area (Å²) in [7, 11) is 1.40. The van der Waals surface area contributed by atoms with Crippen LogP contribution in [0.15, 0.2) is 30.3 Å². The zero-order valence-corrected chi connectivity index (χ0v) is 18.7. The summed E-state index contributed by atoms with van der Waals surface area (Å²) in [4.78, 5) is 50.1. The lowest BCUT2D eigenvalue weighted by Gasteiger charge is -2.27. The van der Waals surface area contributed by atoms with Crippen LogP contribution in [0.5, 0.6) is 0 Å².